The quantitative estimate of drug-likeness (QED) is 0.671. The summed E-state index contributed by atoms with van der Waals surface area (Å²) in [7, 11) is 1.59. The smallest absolute Gasteiger partial charge is 0.344 e. The molecule has 0 aliphatic carbocycles. The number of carboxylic acid groups (broad SMARTS) is 1. The normalized spacial score (nSPS) is 17.2. The van der Waals surface area contributed by atoms with Crippen LogP contribution < -0.4 is 14.8 Å². The summed E-state index contributed by atoms with van der Waals surface area (Å²) < 4.78 is 10.7. The Kier molecular flexibility index (Phi) is 6.56. The molecule has 2 N–H and O–H groups in total. The number of thioether (sulfide) groups is 1. The summed E-state index contributed by atoms with van der Waals surface area (Å²) in [6.07, 6.45) is 1.04. The van der Waals surface area contributed by atoms with Crippen LogP contribution in [0, 0.1) is 0 Å². The third-order valence-corrected chi connectivity index (χ3v) is 4.98. The number of nitrogens with zero attached hydrogens (tertiary/aromatic N) is 1. The van der Waals surface area contributed by atoms with Gasteiger partial charge in [-0.25, -0.2) is 9.79 Å². The maximum atomic E-state index is 12.3. The highest BCUT2D eigenvalue weighted by molar-refractivity contribution is 8.18. The molecule has 2 aromatic carbocycles. The lowest BCUT2D eigenvalue weighted by Gasteiger charge is -2.15. The lowest BCUT2D eigenvalue weighted by Crippen LogP contribution is -2.26. The Labute approximate surface area is 172 Å². The Morgan fingerprint density at radius 2 is 1.97 bits per heavy atom. The van der Waals surface area contributed by atoms with E-state index in [0.29, 0.717) is 33.5 Å². The van der Waals surface area contributed by atoms with E-state index in [0.717, 1.165) is 5.75 Å². The minimum atomic E-state index is -1.03. The Morgan fingerprint density at radius 1 is 1.24 bits per heavy atom. The van der Waals surface area contributed by atoms with Crippen molar-refractivity contribution in [2.45, 2.75) is 19.4 Å². The van der Waals surface area contributed by atoms with Crippen LogP contribution >= 0.6 is 11.8 Å². The third-order valence-electron chi connectivity index (χ3n) is 4.08. The molecule has 1 aliphatic rings. The van der Waals surface area contributed by atoms with Gasteiger partial charge in [-0.15, -0.1) is 0 Å². The molecule has 7 nitrogen and oxygen atoms in total. The van der Waals surface area contributed by atoms with Gasteiger partial charge in [0.2, 0.25) is 0 Å². The van der Waals surface area contributed by atoms with E-state index in [4.69, 9.17) is 9.47 Å². The van der Waals surface area contributed by atoms with Crippen molar-refractivity contribution in [2.24, 2.45) is 4.99 Å². The summed E-state index contributed by atoms with van der Waals surface area (Å²) in [5.41, 5.74) is 1.31. The average molecular weight is 412 g/mol. The number of carbonyl (C=O) groups excluding carboxylic acids is 1. The topological polar surface area (TPSA) is 97.2 Å². The standard InChI is InChI=1S/C21H20N2O5S/c1-3-16(20(25)26)28-17-7-5-4-6-13(17)12-18-19(24)23-21(29-18)22-14-8-10-15(27-2)11-9-14/h4-12,16H,3H2,1-2H3,(H,25,26)(H,22,23,24)/b18-12+. The number of methoxy groups -OCH3 is 1. The molecule has 2 aromatic rings. The second-order valence-electron chi connectivity index (χ2n) is 6.07. The number of carboxylic acids is 1. The maximum Gasteiger partial charge on any atom is 0.344 e. The zero-order valence-electron chi connectivity index (χ0n) is 15.9. The van der Waals surface area contributed by atoms with Crippen LogP contribution in [0.4, 0.5) is 5.69 Å². The van der Waals surface area contributed by atoms with Gasteiger partial charge in [-0.2, -0.15) is 0 Å². The Morgan fingerprint density at radius 3 is 2.62 bits per heavy atom. The highest BCUT2D eigenvalue weighted by Gasteiger charge is 2.25. The Hall–Kier alpha value is -3.26. The molecule has 8 heteroatoms. The molecule has 0 radical (unpaired) electrons. The molecule has 1 unspecified atom stereocenters. The number of hydrogen-bond acceptors (Lipinski definition) is 6. The fourth-order valence-electron chi connectivity index (χ4n) is 2.56. The molecule has 0 saturated carbocycles. The molecule has 3 rings (SSSR count). The number of nitrogens with one attached hydrogen (secondary N) is 1. The Bertz CT molecular complexity index is 969. The minimum absolute atomic E-state index is 0.276. The number of amidine groups is 1. The molecule has 1 heterocycles. The zero-order valence-corrected chi connectivity index (χ0v) is 16.7. The van der Waals surface area contributed by atoms with E-state index in [1.54, 1.807) is 68.6 Å². The van der Waals surface area contributed by atoms with Gasteiger partial charge in [0, 0.05) is 5.56 Å². The van der Waals surface area contributed by atoms with Crippen molar-refractivity contribution in [1.29, 1.82) is 0 Å². The van der Waals surface area contributed by atoms with E-state index in [-0.39, 0.29) is 5.91 Å². The molecule has 1 fully saturated rings. The van der Waals surface area contributed by atoms with E-state index in [9.17, 15) is 14.7 Å². The summed E-state index contributed by atoms with van der Waals surface area (Å²) >= 11 is 1.21. The molecule has 0 aromatic heterocycles. The molecule has 0 bridgehead atoms. The van der Waals surface area contributed by atoms with Gasteiger partial charge in [0.05, 0.1) is 17.7 Å². The summed E-state index contributed by atoms with van der Waals surface area (Å²) in [5.74, 6) is -0.177. The van der Waals surface area contributed by atoms with E-state index >= 15 is 0 Å². The van der Waals surface area contributed by atoms with E-state index in [2.05, 4.69) is 10.3 Å². The van der Waals surface area contributed by atoms with Gasteiger partial charge in [-0.3, -0.25) is 4.79 Å². The van der Waals surface area contributed by atoms with Gasteiger partial charge in [0.15, 0.2) is 11.3 Å². The molecule has 1 saturated heterocycles. The molecule has 150 valence electrons. The Balaban J connectivity index is 1.81. The van der Waals surface area contributed by atoms with Crippen molar-refractivity contribution < 1.29 is 24.2 Å². The highest BCUT2D eigenvalue weighted by atomic mass is 32.2. The number of amides is 1. The minimum Gasteiger partial charge on any atom is -0.497 e. The number of ether oxygens (including phenoxy) is 2. The number of benzene rings is 2. The largest absolute Gasteiger partial charge is 0.497 e. The van der Waals surface area contributed by atoms with Gasteiger partial charge in [-0.05, 0) is 54.6 Å². The predicted molar refractivity (Wildman–Crippen MR) is 113 cm³/mol. The van der Waals surface area contributed by atoms with E-state index in [1.165, 1.54) is 11.8 Å². The van der Waals surface area contributed by atoms with Gasteiger partial charge in [0.1, 0.15) is 11.5 Å². The van der Waals surface area contributed by atoms with E-state index in [1.807, 2.05) is 0 Å². The zero-order chi connectivity index (χ0) is 20.8. The van der Waals surface area contributed by atoms with Crippen molar-refractivity contribution in [2.75, 3.05) is 7.11 Å². The lowest BCUT2D eigenvalue weighted by molar-refractivity contribution is -0.145. The SMILES string of the molecule is CCC(Oc1ccccc1/C=C1/SC(=Nc2ccc(OC)cc2)NC1=O)C(=O)O. The second-order valence-corrected chi connectivity index (χ2v) is 7.10. The van der Waals surface area contributed by atoms with Crippen molar-refractivity contribution >= 4 is 40.6 Å². The highest BCUT2D eigenvalue weighted by Crippen LogP contribution is 2.31. The summed E-state index contributed by atoms with van der Waals surface area (Å²) in [6.45, 7) is 1.74. The molecule has 29 heavy (non-hydrogen) atoms. The van der Waals surface area contributed by atoms with Gasteiger partial charge < -0.3 is 19.9 Å². The van der Waals surface area contributed by atoms with Crippen LogP contribution in [0.3, 0.4) is 0 Å². The first kappa shape index (κ1) is 20.5. The first-order valence-electron chi connectivity index (χ1n) is 8.92. The first-order chi connectivity index (χ1) is 14.0. The summed E-state index contributed by atoms with van der Waals surface area (Å²) in [5, 5.41) is 12.4. The maximum absolute atomic E-state index is 12.3. The van der Waals surface area contributed by atoms with Gasteiger partial charge in [-0.1, -0.05) is 25.1 Å². The van der Waals surface area contributed by atoms with Crippen molar-refractivity contribution in [3.05, 3.63) is 59.0 Å². The molecular formula is C21H20N2O5S. The van der Waals surface area contributed by atoms with Crippen LogP contribution in [-0.2, 0) is 9.59 Å². The molecule has 1 atom stereocenters. The third kappa shape index (κ3) is 5.17. The van der Waals surface area contributed by atoms with Gasteiger partial charge in [0.25, 0.3) is 5.91 Å². The number of aliphatic carboxylic acids is 1. The molecular weight excluding hydrogens is 392 g/mol. The first-order valence-corrected chi connectivity index (χ1v) is 9.74. The van der Waals surface area contributed by atoms with Crippen LogP contribution in [0.15, 0.2) is 58.4 Å². The van der Waals surface area contributed by atoms with Crippen LogP contribution in [0.5, 0.6) is 11.5 Å². The van der Waals surface area contributed by atoms with Crippen LogP contribution in [0.1, 0.15) is 18.9 Å². The van der Waals surface area contributed by atoms with Crippen LogP contribution in [0.25, 0.3) is 6.08 Å². The number of carbonyl (C=O) groups is 2. The number of rotatable bonds is 7. The van der Waals surface area contributed by atoms with Crippen molar-refractivity contribution in [1.82, 2.24) is 5.32 Å². The average Bonchev–Trinajstić information content (AvgIpc) is 3.06. The fraction of sp³-hybridized carbons (Fsp3) is 0.190. The number of aliphatic imine (C=N–C) groups is 1. The van der Waals surface area contributed by atoms with Crippen LogP contribution in [0.2, 0.25) is 0 Å². The summed E-state index contributed by atoms with van der Waals surface area (Å²) in [4.78, 5) is 28.5. The second kappa shape index (κ2) is 9.29. The number of para-hydroxylation sites is 1. The molecule has 1 amide bonds. The monoisotopic (exact) mass is 412 g/mol. The summed E-state index contributed by atoms with van der Waals surface area (Å²) in [6, 6.07) is 14.2. The number of hydrogen-bond donors (Lipinski definition) is 2. The molecule has 1 aliphatic heterocycles. The van der Waals surface area contributed by atoms with Gasteiger partial charge >= 0.3 is 5.97 Å². The molecule has 0 spiro atoms. The predicted octanol–water partition coefficient (Wildman–Crippen LogP) is 3.83. The lowest BCUT2D eigenvalue weighted by atomic mass is 10.1. The van der Waals surface area contributed by atoms with Crippen LogP contribution in [-0.4, -0.2) is 35.4 Å². The van der Waals surface area contributed by atoms with Crippen molar-refractivity contribution in [3.63, 3.8) is 0 Å². The van der Waals surface area contributed by atoms with E-state index < -0.39 is 12.1 Å². The van der Waals surface area contributed by atoms with Crippen molar-refractivity contribution in [3.8, 4) is 11.5 Å². The fourth-order valence-corrected chi connectivity index (χ4v) is 3.40.